The summed E-state index contributed by atoms with van der Waals surface area (Å²) < 4.78 is 8.66. The van der Waals surface area contributed by atoms with Gasteiger partial charge in [0.05, 0.1) is 0 Å². The van der Waals surface area contributed by atoms with E-state index in [1.165, 1.54) is 0 Å². The fraction of sp³-hybridized carbons (Fsp3) is 0.296. The summed E-state index contributed by atoms with van der Waals surface area (Å²) >= 11 is 3.50. The molecule has 6 nitrogen and oxygen atoms in total. The summed E-state index contributed by atoms with van der Waals surface area (Å²) in [7, 11) is 0. The molecular formula is C27H27BrN4O2. The predicted molar refractivity (Wildman–Crippen MR) is 138 cm³/mol. The second-order valence-electron chi connectivity index (χ2n) is 9.58. The Morgan fingerprint density at radius 2 is 1.79 bits per heavy atom. The molecule has 0 saturated heterocycles. The molecule has 0 radical (unpaired) electrons. The maximum atomic E-state index is 13.0. The summed E-state index contributed by atoms with van der Waals surface area (Å²) in [6.45, 7) is 5.69. The lowest BCUT2D eigenvalue weighted by atomic mass is 9.91. The average Bonchev–Trinajstić information content (AvgIpc) is 3.14. The van der Waals surface area contributed by atoms with Crippen molar-refractivity contribution in [1.82, 2.24) is 14.5 Å². The van der Waals surface area contributed by atoms with Crippen molar-refractivity contribution in [3.05, 3.63) is 71.3 Å². The van der Waals surface area contributed by atoms with Crippen LogP contribution in [0, 0.1) is 0 Å². The highest BCUT2D eigenvalue weighted by molar-refractivity contribution is 9.10. The van der Waals surface area contributed by atoms with E-state index >= 15 is 0 Å². The van der Waals surface area contributed by atoms with Gasteiger partial charge in [0.1, 0.15) is 16.9 Å². The van der Waals surface area contributed by atoms with Crippen LogP contribution in [0.1, 0.15) is 40.0 Å². The molecule has 0 bridgehead atoms. The number of rotatable bonds is 4. The maximum absolute atomic E-state index is 13.0. The number of pyridine rings is 1. The van der Waals surface area contributed by atoms with Crippen LogP contribution in [0.5, 0.6) is 0 Å². The van der Waals surface area contributed by atoms with Crippen molar-refractivity contribution in [3.63, 3.8) is 0 Å². The summed E-state index contributed by atoms with van der Waals surface area (Å²) in [4.78, 5) is 24.4. The molecule has 1 saturated carbocycles. The quantitative estimate of drug-likeness (QED) is 0.288. The summed E-state index contributed by atoms with van der Waals surface area (Å²) in [6, 6.07) is 20.2. The largest absolute Gasteiger partial charge is 0.443 e. The molecule has 0 atom stereocenters. The number of hydrogen-bond acceptors (Lipinski definition) is 4. The van der Waals surface area contributed by atoms with Crippen LogP contribution in [-0.2, 0) is 4.74 Å². The lowest BCUT2D eigenvalue weighted by molar-refractivity contribution is 0.0549. The van der Waals surface area contributed by atoms with E-state index in [4.69, 9.17) is 9.72 Å². The molecule has 34 heavy (non-hydrogen) atoms. The van der Waals surface area contributed by atoms with Crippen LogP contribution in [0.4, 0.5) is 10.5 Å². The lowest BCUT2D eigenvalue weighted by Gasteiger charge is -2.38. The molecule has 0 aliphatic heterocycles. The number of aromatic nitrogens is 3. The van der Waals surface area contributed by atoms with Crippen LogP contribution in [0.2, 0.25) is 0 Å². The van der Waals surface area contributed by atoms with Crippen molar-refractivity contribution in [1.29, 1.82) is 0 Å². The zero-order chi connectivity index (χ0) is 23.9. The molecule has 1 fully saturated rings. The van der Waals surface area contributed by atoms with Gasteiger partial charge in [-0.25, -0.2) is 14.8 Å². The van der Waals surface area contributed by atoms with Crippen LogP contribution in [0.3, 0.4) is 0 Å². The summed E-state index contributed by atoms with van der Waals surface area (Å²) in [5.41, 5.74) is 3.81. The molecule has 2 heterocycles. The molecule has 174 valence electrons. The van der Waals surface area contributed by atoms with Gasteiger partial charge in [-0.2, -0.15) is 0 Å². The first-order chi connectivity index (χ1) is 16.3. The van der Waals surface area contributed by atoms with Gasteiger partial charge in [0.25, 0.3) is 0 Å². The van der Waals surface area contributed by atoms with Gasteiger partial charge in [-0.3, -0.25) is 9.47 Å². The lowest BCUT2D eigenvalue weighted by Crippen LogP contribution is -2.46. The third-order valence-corrected chi connectivity index (χ3v) is 6.35. The second-order valence-corrected chi connectivity index (χ2v) is 10.5. The van der Waals surface area contributed by atoms with Crippen molar-refractivity contribution >= 4 is 38.9 Å². The van der Waals surface area contributed by atoms with Gasteiger partial charge in [-0.15, -0.1) is 0 Å². The van der Waals surface area contributed by atoms with Gasteiger partial charge < -0.3 is 4.74 Å². The molecular weight excluding hydrogens is 492 g/mol. The van der Waals surface area contributed by atoms with Gasteiger partial charge in [0.15, 0.2) is 5.65 Å². The number of fused-ring (bicyclic) bond motifs is 1. The van der Waals surface area contributed by atoms with E-state index in [1.807, 2.05) is 81.4 Å². The number of ether oxygens (including phenoxy) is 1. The molecule has 7 heteroatoms. The van der Waals surface area contributed by atoms with E-state index in [9.17, 15) is 4.79 Å². The smallest absolute Gasteiger partial charge is 0.415 e. The Bertz CT molecular complexity index is 1320. The standard InChI is InChI=1S/C27H27BrN4O2/c1-27(2,3)34-26(33)31(20-10-7-11-20)21-12-14-22(15-13-21)32-24(18-8-5-4-6-9-18)30-23-16-19(28)17-29-25(23)32/h4-6,8-9,12-17,20H,7,10-11H2,1-3H3. The Kier molecular flexibility index (Phi) is 5.90. The van der Waals surface area contributed by atoms with Crippen molar-refractivity contribution < 1.29 is 9.53 Å². The minimum atomic E-state index is -0.542. The molecule has 1 aliphatic carbocycles. The Hall–Kier alpha value is -3.19. The van der Waals surface area contributed by atoms with E-state index in [0.29, 0.717) is 0 Å². The van der Waals surface area contributed by atoms with Gasteiger partial charge in [-0.05, 0) is 86.3 Å². The molecule has 1 amide bonds. The monoisotopic (exact) mass is 518 g/mol. The number of nitrogens with zero attached hydrogens (tertiary/aromatic N) is 4. The van der Waals surface area contributed by atoms with Crippen LogP contribution in [0.15, 0.2) is 71.3 Å². The Labute approximate surface area is 207 Å². The van der Waals surface area contributed by atoms with Gasteiger partial charge in [-0.1, -0.05) is 30.3 Å². The molecule has 0 spiro atoms. The second kappa shape index (κ2) is 8.87. The highest BCUT2D eigenvalue weighted by Gasteiger charge is 2.33. The normalized spacial score (nSPS) is 14.1. The Morgan fingerprint density at radius 3 is 2.41 bits per heavy atom. The third kappa shape index (κ3) is 4.44. The minimum absolute atomic E-state index is 0.175. The fourth-order valence-corrected chi connectivity index (χ4v) is 4.47. The number of carbonyl (C=O) groups excluding carboxylic acids is 1. The Balaban J connectivity index is 1.57. The number of amides is 1. The molecule has 5 rings (SSSR count). The van der Waals surface area contributed by atoms with Crippen LogP contribution in [-0.4, -0.2) is 32.3 Å². The summed E-state index contributed by atoms with van der Waals surface area (Å²) in [5.74, 6) is 0.817. The number of imidazole rings is 1. The van der Waals surface area contributed by atoms with E-state index in [0.717, 1.165) is 57.7 Å². The van der Waals surface area contributed by atoms with E-state index in [2.05, 4.69) is 25.5 Å². The van der Waals surface area contributed by atoms with Crippen molar-refractivity contribution in [3.8, 4) is 17.1 Å². The first-order valence-corrected chi connectivity index (χ1v) is 12.3. The van der Waals surface area contributed by atoms with Crippen molar-refractivity contribution in [2.24, 2.45) is 0 Å². The highest BCUT2D eigenvalue weighted by Crippen LogP contribution is 2.33. The van der Waals surface area contributed by atoms with Crippen LogP contribution < -0.4 is 4.90 Å². The number of halogens is 1. The highest BCUT2D eigenvalue weighted by atomic mass is 79.9. The van der Waals surface area contributed by atoms with Crippen LogP contribution in [0.25, 0.3) is 28.2 Å². The first kappa shape index (κ1) is 22.6. The molecule has 0 unspecified atom stereocenters. The minimum Gasteiger partial charge on any atom is -0.443 e. The van der Waals surface area contributed by atoms with Crippen LogP contribution >= 0.6 is 15.9 Å². The van der Waals surface area contributed by atoms with Gasteiger partial charge in [0.2, 0.25) is 0 Å². The van der Waals surface area contributed by atoms with Gasteiger partial charge in [0, 0.05) is 33.6 Å². The average molecular weight is 519 g/mol. The first-order valence-electron chi connectivity index (χ1n) is 11.5. The molecule has 1 aliphatic rings. The molecule has 2 aromatic carbocycles. The van der Waals surface area contributed by atoms with E-state index in [-0.39, 0.29) is 12.1 Å². The molecule has 2 aromatic heterocycles. The number of carbonyl (C=O) groups is 1. The van der Waals surface area contributed by atoms with E-state index < -0.39 is 5.60 Å². The fourth-order valence-electron chi connectivity index (χ4n) is 4.15. The summed E-state index contributed by atoms with van der Waals surface area (Å²) in [5, 5.41) is 0. The number of benzene rings is 2. The van der Waals surface area contributed by atoms with Gasteiger partial charge >= 0.3 is 6.09 Å². The number of hydrogen-bond donors (Lipinski definition) is 0. The maximum Gasteiger partial charge on any atom is 0.415 e. The SMILES string of the molecule is CC(C)(C)OC(=O)N(c1ccc(-n2c(-c3ccccc3)nc3cc(Br)cnc32)cc1)C1CCC1. The number of anilines is 1. The Morgan fingerprint density at radius 1 is 1.09 bits per heavy atom. The zero-order valence-electron chi connectivity index (χ0n) is 19.5. The predicted octanol–water partition coefficient (Wildman–Crippen LogP) is 7.14. The van der Waals surface area contributed by atoms with Crippen molar-refractivity contribution in [2.45, 2.75) is 51.7 Å². The molecule has 4 aromatic rings. The summed E-state index contributed by atoms with van der Waals surface area (Å²) in [6.07, 6.45) is 4.60. The molecule has 0 N–H and O–H groups in total. The zero-order valence-corrected chi connectivity index (χ0v) is 21.1. The van der Waals surface area contributed by atoms with Crippen molar-refractivity contribution in [2.75, 3.05) is 4.90 Å². The topological polar surface area (TPSA) is 60.2 Å². The van der Waals surface area contributed by atoms with E-state index in [1.54, 1.807) is 11.1 Å². The third-order valence-electron chi connectivity index (χ3n) is 5.91.